The number of hydrogen-bond acceptors (Lipinski definition) is 3. The molecule has 0 heterocycles. The van der Waals surface area contributed by atoms with Gasteiger partial charge in [-0.1, -0.05) is 27.5 Å². The summed E-state index contributed by atoms with van der Waals surface area (Å²) in [5, 5.41) is 1.89. The maximum atomic E-state index is 11.8. The number of halogens is 3. The number of carbonyl (C=O) groups excluding carboxylic acids is 2. The van der Waals surface area contributed by atoms with E-state index < -0.39 is 17.3 Å². The third-order valence-electron chi connectivity index (χ3n) is 2.07. The van der Waals surface area contributed by atoms with Gasteiger partial charge in [0.15, 0.2) is 0 Å². The van der Waals surface area contributed by atoms with Crippen molar-refractivity contribution in [3.8, 4) is 0 Å². The predicted octanol–water partition coefficient (Wildman–Crippen LogP) is 2.61. The number of hydrogen-bond donors (Lipinski definition) is 1. The molecule has 0 radical (unpaired) electrons. The Morgan fingerprint density at radius 3 is 2.72 bits per heavy atom. The molecule has 0 spiro atoms. The maximum Gasteiger partial charge on any atom is 0.325 e. The Morgan fingerprint density at radius 1 is 1.50 bits per heavy atom. The lowest BCUT2D eigenvalue weighted by molar-refractivity contribution is -0.140. The Hall–Kier alpha value is -0.780. The molecule has 4 nitrogen and oxygen atoms in total. The molecule has 0 aliphatic rings. The zero-order chi connectivity index (χ0) is 13.7. The molecule has 0 saturated carbocycles. The average Bonchev–Trinajstić information content (AvgIpc) is 2.34. The molecule has 98 valence electrons. The predicted molar refractivity (Wildman–Crippen MR) is 73.1 cm³/mol. The minimum Gasteiger partial charge on any atom is -0.468 e. The number of nitrogens with one attached hydrogen (secondary N) is 1. The van der Waals surface area contributed by atoms with Crippen molar-refractivity contribution in [1.82, 2.24) is 5.32 Å². The van der Waals surface area contributed by atoms with Gasteiger partial charge in [-0.2, -0.15) is 0 Å². The van der Waals surface area contributed by atoms with Crippen LogP contribution >= 0.6 is 39.1 Å². The second kappa shape index (κ2) is 6.97. The number of carbonyl (C=O) groups is 2. The number of esters is 1. The van der Waals surface area contributed by atoms with E-state index in [0.29, 0.717) is 10.6 Å². The van der Waals surface area contributed by atoms with E-state index in [4.69, 9.17) is 23.2 Å². The highest BCUT2D eigenvalue weighted by Crippen LogP contribution is 2.21. The van der Waals surface area contributed by atoms with Crippen molar-refractivity contribution in [3.63, 3.8) is 0 Å². The second-order valence-corrected chi connectivity index (χ2v) is 5.17. The van der Waals surface area contributed by atoms with Crippen molar-refractivity contribution in [1.29, 1.82) is 0 Å². The Bertz CT molecular complexity index is 468. The van der Waals surface area contributed by atoms with Crippen LogP contribution in [0.5, 0.6) is 0 Å². The van der Waals surface area contributed by atoms with Gasteiger partial charge in [0.05, 0.1) is 17.7 Å². The number of alkyl halides is 1. The van der Waals surface area contributed by atoms with Crippen LogP contribution in [0.4, 0.5) is 0 Å². The first-order chi connectivity index (χ1) is 8.45. The fourth-order valence-corrected chi connectivity index (χ4v) is 2.09. The summed E-state index contributed by atoms with van der Waals surface area (Å²) in [6.07, 6.45) is 0. The lowest BCUT2D eigenvalue weighted by atomic mass is 10.2. The van der Waals surface area contributed by atoms with Crippen molar-refractivity contribution in [3.05, 3.63) is 33.3 Å². The third kappa shape index (κ3) is 4.15. The van der Waals surface area contributed by atoms with Crippen LogP contribution < -0.4 is 5.32 Å². The van der Waals surface area contributed by atoms with Crippen molar-refractivity contribution < 1.29 is 14.3 Å². The molecule has 0 saturated heterocycles. The molecule has 1 unspecified atom stereocenters. The van der Waals surface area contributed by atoms with Gasteiger partial charge in [0.1, 0.15) is 5.38 Å². The second-order valence-electron chi connectivity index (χ2n) is 3.32. The van der Waals surface area contributed by atoms with E-state index in [1.807, 2.05) is 0 Å². The SMILES string of the molecule is COC(=O)C(Cl)CNC(=O)c1ccc(Br)cc1Cl. The molecule has 0 aromatic heterocycles. The molecule has 1 rings (SSSR count). The van der Waals surface area contributed by atoms with Gasteiger partial charge in [0, 0.05) is 11.0 Å². The standard InChI is InChI=1S/C11H10BrCl2NO3/c1-18-11(17)9(14)5-15-10(16)7-3-2-6(12)4-8(7)13/h2-4,9H,5H2,1H3,(H,15,16). The minimum atomic E-state index is -0.923. The number of amides is 1. The number of rotatable bonds is 4. The molecule has 0 bridgehead atoms. The monoisotopic (exact) mass is 353 g/mol. The van der Waals surface area contributed by atoms with E-state index in [0.717, 1.165) is 4.47 Å². The highest BCUT2D eigenvalue weighted by Gasteiger charge is 2.18. The lowest BCUT2D eigenvalue weighted by Gasteiger charge is -2.10. The fraction of sp³-hybridized carbons (Fsp3) is 0.273. The Kier molecular flexibility index (Phi) is 5.91. The quantitative estimate of drug-likeness (QED) is 0.668. The third-order valence-corrected chi connectivity index (χ3v) is 3.21. The summed E-state index contributed by atoms with van der Waals surface area (Å²) in [6.45, 7) is -0.0283. The zero-order valence-corrected chi connectivity index (χ0v) is 12.5. The first kappa shape index (κ1) is 15.3. The van der Waals surface area contributed by atoms with Crippen LogP contribution in [0.3, 0.4) is 0 Å². The van der Waals surface area contributed by atoms with Gasteiger partial charge in [0.2, 0.25) is 0 Å². The van der Waals surface area contributed by atoms with Crippen LogP contribution in [-0.4, -0.2) is 30.9 Å². The molecule has 1 atom stereocenters. The zero-order valence-electron chi connectivity index (χ0n) is 9.38. The highest BCUT2D eigenvalue weighted by molar-refractivity contribution is 9.10. The van der Waals surface area contributed by atoms with Crippen LogP contribution in [0.2, 0.25) is 5.02 Å². The van der Waals surface area contributed by atoms with E-state index in [1.165, 1.54) is 7.11 Å². The Labute approximate surface area is 123 Å². The molecule has 0 fully saturated rings. The normalized spacial score (nSPS) is 11.8. The van der Waals surface area contributed by atoms with Gasteiger partial charge in [-0.3, -0.25) is 9.59 Å². The molecular weight excluding hydrogens is 345 g/mol. The van der Waals surface area contributed by atoms with Gasteiger partial charge in [-0.05, 0) is 18.2 Å². The summed E-state index contributed by atoms with van der Waals surface area (Å²) in [5.41, 5.74) is 0.314. The summed E-state index contributed by atoms with van der Waals surface area (Å²) in [5.74, 6) is -0.999. The van der Waals surface area contributed by atoms with E-state index in [2.05, 4.69) is 26.0 Å². The fourth-order valence-electron chi connectivity index (χ4n) is 1.16. The smallest absolute Gasteiger partial charge is 0.325 e. The average molecular weight is 355 g/mol. The van der Waals surface area contributed by atoms with Crippen LogP contribution in [0.15, 0.2) is 22.7 Å². The van der Waals surface area contributed by atoms with Crippen LogP contribution in [0.1, 0.15) is 10.4 Å². The van der Waals surface area contributed by atoms with Crippen LogP contribution in [-0.2, 0) is 9.53 Å². The van der Waals surface area contributed by atoms with E-state index in [-0.39, 0.29) is 6.54 Å². The summed E-state index contributed by atoms with van der Waals surface area (Å²) >= 11 is 14.8. The molecule has 0 aliphatic carbocycles. The van der Waals surface area contributed by atoms with Crippen LogP contribution in [0.25, 0.3) is 0 Å². The van der Waals surface area contributed by atoms with Gasteiger partial charge >= 0.3 is 5.97 Å². The largest absolute Gasteiger partial charge is 0.468 e. The van der Waals surface area contributed by atoms with Crippen molar-refractivity contribution in [2.24, 2.45) is 0 Å². The number of methoxy groups -OCH3 is 1. The van der Waals surface area contributed by atoms with Gasteiger partial charge in [-0.25, -0.2) is 0 Å². The molecule has 7 heteroatoms. The van der Waals surface area contributed by atoms with Crippen LogP contribution in [0, 0.1) is 0 Å². The Balaban J connectivity index is 2.63. The molecule has 1 aromatic carbocycles. The van der Waals surface area contributed by atoms with Gasteiger partial charge in [-0.15, -0.1) is 11.6 Å². The first-order valence-electron chi connectivity index (χ1n) is 4.91. The molecule has 1 amide bonds. The number of ether oxygens (including phenoxy) is 1. The molecule has 0 aliphatic heterocycles. The van der Waals surface area contributed by atoms with E-state index in [1.54, 1.807) is 18.2 Å². The minimum absolute atomic E-state index is 0.0283. The maximum absolute atomic E-state index is 11.8. The van der Waals surface area contributed by atoms with Crippen molar-refractivity contribution in [2.45, 2.75) is 5.38 Å². The summed E-state index contributed by atoms with van der Waals surface area (Å²) < 4.78 is 5.21. The van der Waals surface area contributed by atoms with Crippen molar-refractivity contribution >= 4 is 51.0 Å². The molecular formula is C11H10BrCl2NO3. The summed E-state index contributed by atoms with van der Waals surface area (Å²) in [7, 11) is 1.23. The van der Waals surface area contributed by atoms with E-state index >= 15 is 0 Å². The van der Waals surface area contributed by atoms with E-state index in [9.17, 15) is 9.59 Å². The Morgan fingerprint density at radius 2 is 2.17 bits per heavy atom. The molecule has 1 N–H and O–H groups in total. The molecule has 18 heavy (non-hydrogen) atoms. The highest BCUT2D eigenvalue weighted by atomic mass is 79.9. The van der Waals surface area contributed by atoms with Gasteiger partial charge in [0.25, 0.3) is 5.91 Å². The first-order valence-corrected chi connectivity index (χ1v) is 6.51. The summed E-state index contributed by atoms with van der Waals surface area (Å²) in [6, 6.07) is 4.87. The lowest BCUT2D eigenvalue weighted by Crippen LogP contribution is -2.34. The summed E-state index contributed by atoms with van der Waals surface area (Å²) in [4.78, 5) is 22.8. The molecule has 1 aromatic rings. The number of benzene rings is 1. The topological polar surface area (TPSA) is 55.4 Å². The van der Waals surface area contributed by atoms with Gasteiger partial charge < -0.3 is 10.1 Å². The van der Waals surface area contributed by atoms with Crippen molar-refractivity contribution in [2.75, 3.05) is 13.7 Å².